The van der Waals surface area contributed by atoms with Crippen LogP contribution >= 0.6 is 11.3 Å². The number of ether oxygens (including phenoxy) is 1. The molecule has 4 rings (SSSR count). The van der Waals surface area contributed by atoms with Gasteiger partial charge in [-0.3, -0.25) is 9.78 Å². The molecule has 0 amide bonds. The van der Waals surface area contributed by atoms with Crippen LogP contribution in [0.5, 0.6) is 5.75 Å². The van der Waals surface area contributed by atoms with Crippen molar-refractivity contribution in [1.82, 2.24) is 19.7 Å². The van der Waals surface area contributed by atoms with Crippen LogP contribution in [-0.4, -0.2) is 32.8 Å². The third-order valence-electron chi connectivity index (χ3n) is 4.07. The number of benzene rings is 1. The van der Waals surface area contributed by atoms with Crippen LogP contribution in [-0.2, 0) is 6.54 Å². The van der Waals surface area contributed by atoms with Gasteiger partial charge in [0.2, 0.25) is 11.8 Å². The number of nitrogens with one attached hydrogen (secondary N) is 1. The van der Waals surface area contributed by atoms with E-state index in [0.29, 0.717) is 29.6 Å². The molecule has 0 saturated carbocycles. The highest BCUT2D eigenvalue weighted by molar-refractivity contribution is 7.08. The average Bonchev–Trinajstić information content (AvgIpc) is 3.43. The summed E-state index contributed by atoms with van der Waals surface area (Å²) < 4.78 is 6.47. The van der Waals surface area contributed by atoms with Crippen LogP contribution < -0.4 is 10.1 Å². The molecule has 4 aromatic rings. The first-order chi connectivity index (χ1) is 13.7. The molecule has 0 saturated heterocycles. The van der Waals surface area contributed by atoms with E-state index in [2.05, 4.69) is 20.4 Å². The number of rotatable bonds is 6. The lowest BCUT2D eigenvalue weighted by atomic mass is 10.2. The number of hydrogen-bond acceptors (Lipinski definition) is 7. The monoisotopic (exact) mass is 391 g/mol. The van der Waals surface area contributed by atoms with Gasteiger partial charge < -0.3 is 10.1 Å². The van der Waals surface area contributed by atoms with Gasteiger partial charge in [-0.05, 0) is 41.3 Å². The van der Waals surface area contributed by atoms with Gasteiger partial charge in [0.1, 0.15) is 11.4 Å². The van der Waals surface area contributed by atoms with Crippen molar-refractivity contribution in [2.75, 3.05) is 12.4 Å². The maximum absolute atomic E-state index is 12.9. The second kappa shape index (κ2) is 8.01. The Hall–Kier alpha value is -3.52. The number of aromatic nitrogens is 4. The molecule has 7 nitrogen and oxygen atoms in total. The van der Waals surface area contributed by atoms with E-state index in [4.69, 9.17) is 4.74 Å². The van der Waals surface area contributed by atoms with Gasteiger partial charge in [-0.1, -0.05) is 18.2 Å². The second-order valence-electron chi connectivity index (χ2n) is 5.90. The third-order valence-corrected chi connectivity index (χ3v) is 4.75. The summed E-state index contributed by atoms with van der Waals surface area (Å²) in [7, 11) is 1.63. The number of pyridine rings is 1. The lowest BCUT2D eigenvalue weighted by Gasteiger charge is -2.07. The van der Waals surface area contributed by atoms with Gasteiger partial charge in [0.25, 0.3) is 5.91 Å². The number of thiophene rings is 1. The van der Waals surface area contributed by atoms with Crippen molar-refractivity contribution >= 4 is 23.2 Å². The minimum absolute atomic E-state index is 0.242. The number of nitrogens with zero attached hydrogens (tertiary/aromatic N) is 4. The Morgan fingerprint density at radius 1 is 1.18 bits per heavy atom. The van der Waals surface area contributed by atoms with Gasteiger partial charge in [0.15, 0.2) is 0 Å². The Labute approximate surface area is 165 Å². The fourth-order valence-electron chi connectivity index (χ4n) is 2.60. The number of carbonyl (C=O) groups is 1. The lowest BCUT2D eigenvalue weighted by molar-refractivity contribution is 0.0948. The molecule has 0 aliphatic carbocycles. The quantitative estimate of drug-likeness (QED) is 0.540. The van der Waals surface area contributed by atoms with E-state index < -0.39 is 0 Å². The Morgan fingerprint density at radius 2 is 2.04 bits per heavy atom. The molecule has 0 bridgehead atoms. The highest BCUT2D eigenvalue weighted by Gasteiger charge is 2.19. The average molecular weight is 391 g/mol. The second-order valence-corrected chi connectivity index (χ2v) is 6.68. The van der Waals surface area contributed by atoms with E-state index in [-0.39, 0.29) is 5.91 Å². The molecular weight excluding hydrogens is 374 g/mol. The van der Waals surface area contributed by atoms with Crippen LogP contribution in [0.25, 0.3) is 11.5 Å². The van der Waals surface area contributed by atoms with E-state index in [1.54, 1.807) is 24.8 Å². The number of anilines is 1. The fraction of sp³-hybridized carbons (Fsp3) is 0.100. The summed E-state index contributed by atoms with van der Waals surface area (Å²) in [5.41, 5.74) is 2.19. The smallest absolute Gasteiger partial charge is 0.282 e. The van der Waals surface area contributed by atoms with Gasteiger partial charge in [-0.25, -0.2) is 0 Å². The van der Waals surface area contributed by atoms with Crippen LogP contribution in [0.15, 0.2) is 65.5 Å². The number of carbonyl (C=O) groups excluding carboxylic acids is 1. The largest absolute Gasteiger partial charge is 0.497 e. The first kappa shape index (κ1) is 17.9. The first-order valence-electron chi connectivity index (χ1n) is 8.57. The summed E-state index contributed by atoms with van der Waals surface area (Å²) >= 11 is 1.46. The number of methoxy groups -OCH3 is 1. The predicted octanol–water partition coefficient (Wildman–Crippen LogP) is 3.71. The maximum atomic E-state index is 12.9. The molecule has 3 aromatic heterocycles. The van der Waals surface area contributed by atoms with Crippen molar-refractivity contribution < 1.29 is 9.53 Å². The van der Waals surface area contributed by atoms with Gasteiger partial charge in [-0.15, -0.1) is 5.10 Å². The fourth-order valence-corrected chi connectivity index (χ4v) is 3.23. The van der Waals surface area contributed by atoms with E-state index in [0.717, 1.165) is 11.3 Å². The van der Waals surface area contributed by atoms with E-state index in [1.807, 2.05) is 47.8 Å². The van der Waals surface area contributed by atoms with Crippen molar-refractivity contribution in [3.63, 3.8) is 0 Å². The summed E-state index contributed by atoms with van der Waals surface area (Å²) in [4.78, 5) is 21.6. The van der Waals surface area contributed by atoms with Crippen molar-refractivity contribution in [3.05, 3.63) is 76.6 Å². The molecule has 0 spiro atoms. The van der Waals surface area contributed by atoms with Gasteiger partial charge in [-0.2, -0.15) is 21.0 Å². The van der Waals surface area contributed by atoms with E-state index in [9.17, 15) is 4.79 Å². The molecule has 0 aliphatic rings. The minimum Gasteiger partial charge on any atom is -0.497 e. The van der Waals surface area contributed by atoms with Crippen LogP contribution in [0.1, 0.15) is 15.9 Å². The summed E-state index contributed by atoms with van der Waals surface area (Å²) in [6, 6.07) is 14.9. The molecule has 8 heteroatoms. The number of hydrogen-bond donors (Lipinski definition) is 1. The highest BCUT2D eigenvalue weighted by Crippen LogP contribution is 2.19. The molecule has 0 radical (unpaired) electrons. The summed E-state index contributed by atoms with van der Waals surface area (Å²) in [5, 5.41) is 11.2. The van der Waals surface area contributed by atoms with E-state index in [1.165, 1.54) is 16.0 Å². The Bertz CT molecular complexity index is 1060. The normalized spacial score (nSPS) is 10.6. The predicted molar refractivity (Wildman–Crippen MR) is 108 cm³/mol. The van der Waals surface area contributed by atoms with Crippen LogP contribution in [0.3, 0.4) is 0 Å². The third kappa shape index (κ3) is 3.77. The topological polar surface area (TPSA) is 81.9 Å². The Balaban J connectivity index is 1.63. The Morgan fingerprint density at radius 3 is 2.71 bits per heavy atom. The molecule has 0 aliphatic heterocycles. The standard InChI is InChI=1S/C20H17N5O2S/c1-27-16-7-5-14(6-8-16)12-22-20-23-18(17-4-2-3-10-21-17)24-25(20)19(26)15-9-11-28-13-15/h2-11,13H,12H2,1H3,(H,22,23,24). The van der Waals surface area contributed by atoms with Gasteiger partial charge in [0.05, 0.1) is 12.7 Å². The highest BCUT2D eigenvalue weighted by atomic mass is 32.1. The zero-order valence-electron chi connectivity index (χ0n) is 15.1. The van der Waals surface area contributed by atoms with Crippen molar-refractivity contribution in [1.29, 1.82) is 0 Å². The first-order valence-corrected chi connectivity index (χ1v) is 9.51. The molecule has 0 unspecified atom stereocenters. The van der Waals surface area contributed by atoms with Crippen molar-refractivity contribution in [2.24, 2.45) is 0 Å². The Kier molecular flexibility index (Phi) is 5.11. The molecule has 28 heavy (non-hydrogen) atoms. The molecular formula is C20H17N5O2S. The lowest BCUT2D eigenvalue weighted by Crippen LogP contribution is -2.17. The van der Waals surface area contributed by atoms with E-state index >= 15 is 0 Å². The van der Waals surface area contributed by atoms with Crippen LogP contribution in [0.4, 0.5) is 5.95 Å². The molecule has 1 N–H and O–H groups in total. The van der Waals surface area contributed by atoms with Crippen molar-refractivity contribution in [2.45, 2.75) is 6.54 Å². The summed E-state index contributed by atoms with van der Waals surface area (Å²) in [6.07, 6.45) is 1.67. The zero-order valence-corrected chi connectivity index (χ0v) is 15.9. The van der Waals surface area contributed by atoms with Crippen LogP contribution in [0, 0.1) is 0 Å². The summed E-state index contributed by atoms with van der Waals surface area (Å²) in [5.74, 6) is 1.30. The SMILES string of the molecule is COc1ccc(CNc2nc(-c3ccccn3)nn2C(=O)c2ccsc2)cc1. The minimum atomic E-state index is -0.242. The van der Waals surface area contributed by atoms with Crippen LogP contribution in [0.2, 0.25) is 0 Å². The molecule has 1 aromatic carbocycles. The molecule has 0 atom stereocenters. The maximum Gasteiger partial charge on any atom is 0.282 e. The zero-order chi connectivity index (χ0) is 19.3. The van der Waals surface area contributed by atoms with Gasteiger partial charge in [0, 0.05) is 18.1 Å². The molecule has 140 valence electrons. The van der Waals surface area contributed by atoms with Gasteiger partial charge >= 0.3 is 0 Å². The molecule has 0 fully saturated rings. The summed E-state index contributed by atoms with van der Waals surface area (Å²) in [6.45, 7) is 0.487. The molecule has 3 heterocycles. The van der Waals surface area contributed by atoms with Crippen molar-refractivity contribution in [3.8, 4) is 17.3 Å².